The molecular weight excluding hydrogens is 389 g/mol. The van der Waals surface area contributed by atoms with Gasteiger partial charge in [-0.1, -0.05) is 23.2 Å². The number of aliphatic hydroxyl groups is 1. The summed E-state index contributed by atoms with van der Waals surface area (Å²) in [5.74, 6) is -0.0813. The summed E-state index contributed by atoms with van der Waals surface area (Å²) in [6.07, 6.45) is 3.62. The van der Waals surface area contributed by atoms with Crippen molar-refractivity contribution in [2.45, 2.75) is 57.2 Å². The Hall–Kier alpha value is -1.30. The summed E-state index contributed by atoms with van der Waals surface area (Å²) in [4.78, 5) is 25.4. The van der Waals surface area contributed by atoms with Crippen LogP contribution < -0.4 is 5.32 Å². The molecule has 1 aromatic rings. The van der Waals surface area contributed by atoms with Crippen molar-refractivity contribution < 1.29 is 19.4 Å². The minimum atomic E-state index is -0.963. The van der Waals surface area contributed by atoms with Gasteiger partial charge in [-0.2, -0.15) is 0 Å². The maximum atomic E-state index is 13.0. The van der Waals surface area contributed by atoms with Gasteiger partial charge >= 0.3 is 5.97 Å². The third kappa shape index (κ3) is 3.57. The summed E-state index contributed by atoms with van der Waals surface area (Å²) in [6.45, 7) is 1.54. The molecule has 27 heavy (non-hydrogen) atoms. The van der Waals surface area contributed by atoms with Crippen molar-refractivity contribution in [2.75, 3.05) is 5.32 Å². The van der Waals surface area contributed by atoms with Gasteiger partial charge in [0.05, 0.1) is 21.7 Å². The molecule has 2 N–H and O–H groups in total. The molecule has 5 nitrogen and oxygen atoms in total. The first-order valence-electron chi connectivity index (χ1n) is 9.37. The zero-order chi connectivity index (χ0) is 19.4. The lowest BCUT2D eigenvalue weighted by Gasteiger charge is -2.58. The van der Waals surface area contributed by atoms with Crippen LogP contribution in [0.15, 0.2) is 18.2 Å². The number of rotatable bonds is 4. The van der Waals surface area contributed by atoms with E-state index in [0.717, 1.165) is 32.1 Å². The van der Waals surface area contributed by atoms with E-state index in [9.17, 15) is 14.7 Å². The number of esters is 1. The highest BCUT2D eigenvalue weighted by Crippen LogP contribution is 2.62. The SMILES string of the molecule is C[C@H](OC(=O)C12C[C@@H]3C[C@@H](CC(O)(C3)C1)C2)C(=O)Nc1cc(Cl)ccc1Cl. The molecule has 7 heteroatoms. The van der Waals surface area contributed by atoms with E-state index in [-0.39, 0.29) is 5.97 Å². The maximum absolute atomic E-state index is 13.0. The van der Waals surface area contributed by atoms with Crippen molar-refractivity contribution in [3.63, 3.8) is 0 Å². The number of ether oxygens (including phenoxy) is 1. The van der Waals surface area contributed by atoms with E-state index in [4.69, 9.17) is 27.9 Å². The van der Waals surface area contributed by atoms with Gasteiger partial charge in [-0.3, -0.25) is 9.59 Å². The maximum Gasteiger partial charge on any atom is 0.312 e. The van der Waals surface area contributed by atoms with Crippen LogP contribution in [0.3, 0.4) is 0 Å². The lowest BCUT2D eigenvalue weighted by Crippen LogP contribution is -2.59. The van der Waals surface area contributed by atoms with Crippen molar-refractivity contribution >= 4 is 40.8 Å². The highest BCUT2D eigenvalue weighted by Gasteiger charge is 2.61. The van der Waals surface area contributed by atoms with Gasteiger partial charge in [0.2, 0.25) is 0 Å². The number of nitrogens with one attached hydrogen (secondary N) is 1. The van der Waals surface area contributed by atoms with E-state index in [1.54, 1.807) is 25.1 Å². The van der Waals surface area contributed by atoms with Crippen molar-refractivity contribution in [2.24, 2.45) is 17.3 Å². The molecular formula is C20H23Cl2NO4. The largest absolute Gasteiger partial charge is 0.452 e. The van der Waals surface area contributed by atoms with E-state index >= 15 is 0 Å². The number of amides is 1. The average molecular weight is 412 g/mol. The average Bonchev–Trinajstić information content (AvgIpc) is 2.55. The van der Waals surface area contributed by atoms with Crippen LogP contribution in [-0.4, -0.2) is 28.7 Å². The molecule has 0 spiro atoms. The normalized spacial score (nSPS) is 35.0. The molecule has 4 fully saturated rings. The molecule has 4 aliphatic rings. The zero-order valence-corrected chi connectivity index (χ0v) is 16.6. The molecule has 4 bridgehead atoms. The van der Waals surface area contributed by atoms with Crippen molar-refractivity contribution in [3.05, 3.63) is 28.2 Å². The molecule has 0 aliphatic heterocycles. The van der Waals surface area contributed by atoms with E-state index in [0.29, 0.717) is 34.0 Å². The molecule has 4 aliphatic carbocycles. The van der Waals surface area contributed by atoms with E-state index in [2.05, 4.69) is 5.32 Å². The molecule has 146 valence electrons. The number of carbonyl (C=O) groups is 2. The fraction of sp³-hybridized carbons (Fsp3) is 0.600. The topological polar surface area (TPSA) is 75.6 Å². The second-order valence-corrected chi connectivity index (χ2v) is 9.47. The quantitative estimate of drug-likeness (QED) is 0.727. The molecule has 0 radical (unpaired) electrons. The Kier molecular flexibility index (Phi) is 4.68. The number of halogens is 2. The van der Waals surface area contributed by atoms with E-state index in [1.165, 1.54) is 0 Å². The summed E-state index contributed by atoms with van der Waals surface area (Å²) in [6, 6.07) is 4.76. The molecule has 0 aromatic heterocycles. The molecule has 5 atom stereocenters. The molecule has 1 aromatic carbocycles. The number of hydrogen-bond donors (Lipinski definition) is 2. The minimum Gasteiger partial charge on any atom is -0.452 e. The molecule has 0 heterocycles. The molecule has 2 unspecified atom stereocenters. The fourth-order valence-corrected chi connectivity index (χ4v) is 5.96. The Morgan fingerprint density at radius 3 is 2.52 bits per heavy atom. The third-order valence-electron chi connectivity index (χ3n) is 6.30. The summed E-state index contributed by atoms with van der Waals surface area (Å²) in [7, 11) is 0. The van der Waals surface area contributed by atoms with Crippen molar-refractivity contribution in [1.29, 1.82) is 0 Å². The first kappa shape index (κ1) is 19.0. The van der Waals surface area contributed by atoms with Gasteiger partial charge in [0.15, 0.2) is 6.10 Å². The Balaban J connectivity index is 1.43. The standard InChI is InChI=1S/C20H23Cl2NO4/c1-11(17(24)23-16-5-14(21)2-3-15(16)22)27-18(25)19-6-12-4-13(7-19)9-20(26,8-12)10-19/h2-3,5,11-13,26H,4,6-10H2,1H3,(H,23,24)/t11-,12-,13+,19?,20?/m0/s1. The predicted octanol–water partition coefficient (Wildman–Crippen LogP) is 4.19. The number of carbonyl (C=O) groups excluding carboxylic acids is 2. The first-order chi connectivity index (χ1) is 12.7. The van der Waals surface area contributed by atoms with Crippen LogP contribution in [0.4, 0.5) is 5.69 Å². The second kappa shape index (κ2) is 6.64. The van der Waals surface area contributed by atoms with Crippen molar-refractivity contribution in [3.8, 4) is 0 Å². The summed E-state index contributed by atoms with van der Waals surface area (Å²) in [5.41, 5.74) is -1.02. The lowest BCUT2D eigenvalue weighted by molar-refractivity contribution is -0.199. The fourth-order valence-electron chi connectivity index (χ4n) is 5.62. The predicted molar refractivity (Wildman–Crippen MR) is 103 cm³/mol. The third-order valence-corrected chi connectivity index (χ3v) is 6.87. The van der Waals surface area contributed by atoms with Crippen molar-refractivity contribution in [1.82, 2.24) is 0 Å². The van der Waals surface area contributed by atoms with E-state index in [1.807, 2.05) is 0 Å². The molecule has 0 saturated heterocycles. The number of benzene rings is 1. The van der Waals surface area contributed by atoms with Crippen LogP contribution in [0.5, 0.6) is 0 Å². The number of anilines is 1. The van der Waals surface area contributed by atoms with Gasteiger partial charge in [0.1, 0.15) is 0 Å². The summed E-state index contributed by atoms with van der Waals surface area (Å²) in [5, 5.41) is 14.3. The van der Waals surface area contributed by atoms with Crippen LogP contribution in [-0.2, 0) is 14.3 Å². The molecule has 5 rings (SSSR count). The van der Waals surface area contributed by atoms with Crippen LogP contribution >= 0.6 is 23.2 Å². The van der Waals surface area contributed by atoms with Gasteiger partial charge < -0.3 is 15.2 Å². The van der Waals surface area contributed by atoms with E-state index < -0.39 is 23.0 Å². The summed E-state index contributed by atoms with van der Waals surface area (Å²) >= 11 is 12.0. The first-order valence-corrected chi connectivity index (χ1v) is 10.1. The van der Waals surface area contributed by atoms with Crippen LogP contribution in [0.2, 0.25) is 10.0 Å². The lowest BCUT2D eigenvalue weighted by atomic mass is 9.48. The van der Waals surface area contributed by atoms with Crippen LogP contribution in [0.1, 0.15) is 45.4 Å². The van der Waals surface area contributed by atoms with Gasteiger partial charge in [-0.15, -0.1) is 0 Å². The number of hydrogen-bond acceptors (Lipinski definition) is 4. The smallest absolute Gasteiger partial charge is 0.312 e. The second-order valence-electron chi connectivity index (χ2n) is 8.63. The Morgan fingerprint density at radius 1 is 1.22 bits per heavy atom. The minimum absolute atomic E-state index is 0.356. The monoisotopic (exact) mass is 411 g/mol. The van der Waals surface area contributed by atoms with Crippen LogP contribution in [0.25, 0.3) is 0 Å². The highest BCUT2D eigenvalue weighted by molar-refractivity contribution is 6.35. The molecule has 4 saturated carbocycles. The molecule has 1 amide bonds. The zero-order valence-electron chi connectivity index (χ0n) is 15.1. The summed E-state index contributed by atoms with van der Waals surface area (Å²) < 4.78 is 5.55. The highest BCUT2D eigenvalue weighted by atomic mass is 35.5. The van der Waals surface area contributed by atoms with Gasteiger partial charge in [0, 0.05) is 5.02 Å². The Bertz CT molecular complexity index is 782. The Morgan fingerprint density at radius 2 is 1.89 bits per heavy atom. The van der Waals surface area contributed by atoms with Gasteiger partial charge in [0.25, 0.3) is 5.91 Å². The van der Waals surface area contributed by atoms with Crippen LogP contribution in [0, 0.1) is 17.3 Å². The van der Waals surface area contributed by atoms with Gasteiger partial charge in [-0.05, 0) is 75.5 Å². The van der Waals surface area contributed by atoms with Gasteiger partial charge in [-0.25, -0.2) is 0 Å². The Labute approximate surface area is 168 Å².